The van der Waals surface area contributed by atoms with Crippen molar-refractivity contribution in [2.24, 2.45) is 0 Å². The molecule has 1 fully saturated rings. The molecule has 1 aromatic carbocycles. The molecule has 0 spiro atoms. The molecule has 124 valence electrons. The summed E-state index contributed by atoms with van der Waals surface area (Å²) in [5, 5.41) is 3.17. The van der Waals surface area contributed by atoms with Crippen molar-refractivity contribution >= 4 is 0 Å². The van der Waals surface area contributed by atoms with E-state index in [9.17, 15) is 26.3 Å². The zero-order valence-electron chi connectivity index (χ0n) is 11.9. The van der Waals surface area contributed by atoms with Crippen molar-refractivity contribution in [3.63, 3.8) is 0 Å². The molecular weight excluding hydrogens is 310 g/mol. The summed E-state index contributed by atoms with van der Waals surface area (Å²) in [6, 6.07) is 1.90. The van der Waals surface area contributed by atoms with Crippen molar-refractivity contribution in [3.05, 3.63) is 34.9 Å². The summed E-state index contributed by atoms with van der Waals surface area (Å²) in [5.41, 5.74) is -2.50. The third kappa shape index (κ3) is 4.36. The average molecular weight is 326 g/mol. The van der Waals surface area contributed by atoms with Gasteiger partial charge in [-0.1, -0.05) is 0 Å². The Bertz CT molecular complexity index is 491. The van der Waals surface area contributed by atoms with Gasteiger partial charge in [-0.3, -0.25) is 4.90 Å². The molecule has 1 aliphatic heterocycles. The summed E-state index contributed by atoms with van der Waals surface area (Å²) < 4.78 is 76.7. The lowest BCUT2D eigenvalue weighted by molar-refractivity contribution is -0.143. The van der Waals surface area contributed by atoms with Crippen molar-refractivity contribution in [3.8, 4) is 0 Å². The van der Waals surface area contributed by atoms with Crippen molar-refractivity contribution < 1.29 is 26.3 Å². The molecule has 0 saturated carbocycles. The van der Waals surface area contributed by atoms with Crippen LogP contribution in [0.4, 0.5) is 26.3 Å². The number of nitrogens with one attached hydrogen (secondary N) is 1. The summed E-state index contributed by atoms with van der Waals surface area (Å²) in [5.74, 6) is 0. The first kappa shape index (κ1) is 17.1. The molecule has 1 unspecified atom stereocenters. The van der Waals surface area contributed by atoms with E-state index in [0.29, 0.717) is 19.6 Å². The molecule has 2 rings (SSSR count). The lowest BCUT2D eigenvalue weighted by Gasteiger charge is -2.32. The van der Waals surface area contributed by atoms with Gasteiger partial charge in [-0.15, -0.1) is 0 Å². The highest BCUT2D eigenvalue weighted by molar-refractivity contribution is 5.33. The normalized spacial score (nSPS) is 21.1. The summed E-state index contributed by atoms with van der Waals surface area (Å²) in [6.07, 6.45) is -9.60. The van der Waals surface area contributed by atoms with Crippen LogP contribution in [0, 0.1) is 0 Å². The Morgan fingerprint density at radius 2 is 1.59 bits per heavy atom. The molecule has 22 heavy (non-hydrogen) atoms. The highest BCUT2D eigenvalue weighted by atomic mass is 19.4. The smallest absolute Gasteiger partial charge is 0.312 e. The fourth-order valence-corrected chi connectivity index (χ4v) is 2.52. The van der Waals surface area contributed by atoms with Crippen LogP contribution in [-0.4, -0.2) is 30.6 Å². The molecule has 0 radical (unpaired) electrons. The first-order chi connectivity index (χ1) is 10.1. The number of halogens is 6. The minimum atomic E-state index is -4.80. The van der Waals surface area contributed by atoms with Crippen LogP contribution >= 0.6 is 0 Å². The van der Waals surface area contributed by atoms with Gasteiger partial charge in [-0.05, 0) is 30.7 Å². The van der Waals surface area contributed by atoms with E-state index in [2.05, 4.69) is 5.32 Å². The van der Waals surface area contributed by atoms with Gasteiger partial charge in [0.25, 0.3) is 0 Å². The lowest BCUT2D eigenvalue weighted by atomic mass is 10.0. The molecule has 8 heteroatoms. The molecule has 1 N–H and O–H groups in total. The van der Waals surface area contributed by atoms with E-state index < -0.39 is 23.5 Å². The topological polar surface area (TPSA) is 15.3 Å². The number of piperazine rings is 1. The summed E-state index contributed by atoms with van der Waals surface area (Å²) in [4.78, 5) is 1.84. The minimum absolute atomic E-state index is 0.0243. The molecule has 1 aliphatic rings. The van der Waals surface area contributed by atoms with Gasteiger partial charge in [-0.25, -0.2) is 0 Å². The number of nitrogens with zero attached hydrogens (tertiary/aromatic N) is 1. The maximum atomic E-state index is 12.8. The maximum absolute atomic E-state index is 12.8. The van der Waals surface area contributed by atoms with Gasteiger partial charge in [0, 0.05) is 32.2 Å². The first-order valence-electron chi connectivity index (χ1n) is 6.80. The molecular formula is C14H16F6N2. The Balaban J connectivity index is 2.29. The van der Waals surface area contributed by atoms with Crippen molar-refractivity contribution in [1.82, 2.24) is 10.2 Å². The van der Waals surface area contributed by atoms with Gasteiger partial charge in [0.1, 0.15) is 0 Å². The molecule has 1 heterocycles. The fourth-order valence-electron chi connectivity index (χ4n) is 2.52. The van der Waals surface area contributed by atoms with Gasteiger partial charge in [0.2, 0.25) is 0 Å². The standard InChI is InChI=1S/C14H16F6N2/c1-9-7-22(3-2-21-9)8-10-4-11(13(15,16)17)6-12(5-10)14(18,19)20/h4-6,9,21H,2-3,7-8H2,1H3. The highest BCUT2D eigenvalue weighted by Gasteiger charge is 2.37. The Morgan fingerprint density at radius 3 is 2.05 bits per heavy atom. The Labute approximate surface area is 124 Å². The Morgan fingerprint density at radius 1 is 1.05 bits per heavy atom. The highest BCUT2D eigenvalue weighted by Crippen LogP contribution is 2.36. The molecule has 0 bridgehead atoms. The summed E-state index contributed by atoms with van der Waals surface area (Å²) in [6.45, 7) is 3.81. The largest absolute Gasteiger partial charge is 0.416 e. The third-order valence-electron chi connectivity index (χ3n) is 3.51. The molecule has 1 atom stereocenters. The molecule has 1 aromatic rings. The van der Waals surface area contributed by atoms with E-state index >= 15 is 0 Å². The van der Waals surface area contributed by atoms with E-state index in [1.165, 1.54) is 0 Å². The number of alkyl halides is 6. The second kappa shape index (κ2) is 6.08. The van der Waals surface area contributed by atoms with Crippen LogP contribution in [0.15, 0.2) is 18.2 Å². The van der Waals surface area contributed by atoms with Crippen LogP contribution < -0.4 is 5.32 Å². The van der Waals surface area contributed by atoms with Crippen molar-refractivity contribution in [2.45, 2.75) is 31.9 Å². The van der Waals surface area contributed by atoms with Crippen LogP contribution in [0.1, 0.15) is 23.6 Å². The second-order valence-electron chi connectivity index (χ2n) is 5.50. The Kier molecular flexibility index (Phi) is 4.72. The van der Waals surface area contributed by atoms with E-state index in [1.807, 2.05) is 11.8 Å². The van der Waals surface area contributed by atoms with Crippen molar-refractivity contribution in [2.75, 3.05) is 19.6 Å². The van der Waals surface area contributed by atoms with E-state index in [1.54, 1.807) is 0 Å². The minimum Gasteiger partial charge on any atom is -0.312 e. The zero-order chi connectivity index (χ0) is 16.5. The van der Waals surface area contributed by atoms with Crippen LogP contribution in [0.25, 0.3) is 0 Å². The van der Waals surface area contributed by atoms with E-state index in [4.69, 9.17) is 0 Å². The van der Waals surface area contributed by atoms with Crippen LogP contribution in [0.2, 0.25) is 0 Å². The fraction of sp³-hybridized carbons (Fsp3) is 0.571. The molecule has 2 nitrogen and oxygen atoms in total. The van der Waals surface area contributed by atoms with Crippen LogP contribution in [0.3, 0.4) is 0 Å². The molecule has 0 aliphatic carbocycles. The number of hydrogen-bond acceptors (Lipinski definition) is 2. The second-order valence-corrected chi connectivity index (χ2v) is 5.50. The monoisotopic (exact) mass is 326 g/mol. The maximum Gasteiger partial charge on any atom is 0.416 e. The Hall–Kier alpha value is -1.28. The van der Waals surface area contributed by atoms with Gasteiger partial charge >= 0.3 is 12.4 Å². The van der Waals surface area contributed by atoms with Gasteiger partial charge in [0.15, 0.2) is 0 Å². The number of benzene rings is 1. The van der Waals surface area contributed by atoms with Crippen LogP contribution in [0.5, 0.6) is 0 Å². The predicted molar refractivity (Wildman–Crippen MR) is 69.2 cm³/mol. The number of hydrogen-bond donors (Lipinski definition) is 1. The van der Waals surface area contributed by atoms with Crippen molar-refractivity contribution in [1.29, 1.82) is 0 Å². The zero-order valence-corrected chi connectivity index (χ0v) is 11.9. The average Bonchev–Trinajstić information content (AvgIpc) is 2.36. The summed E-state index contributed by atoms with van der Waals surface area (Å²) in [7, 11) is 0. The van der Waals surface area contributed by atoms with E-state index in [-0.39, 0.29) is 24.2 Å². The van der Waals surface area contributed by atoms with Gasteiger partial charge in [0.05, 0.1) is 11.1 Å². The van der Waals surface area contributed by atoms with Crippen LogP contribution in [-0.2, 0) is 18.9 Å². The van der Waals surface area contributed by atoms with Gasteiger partial charge in [-0.2, -0.15) is 26.3 Å². The van der Waals surface area contributed by atoms with Gasteiger partial charge < -0.3 is 5.32 Å². The first-order valence-corrected chi connectivity index (χ1v) is 6.80. The summed E-state index contributed by atoms with van der Waals surface area (Å²) >= 11 is 0. The predicted octanol–water partition coefficient (Wildman–Crippen LogP) is 3.52. The molecule has 0 amide bonds. The quantitative estimate of drug-likeness (QED) is 0.837. The molecule has 1 saturated heterocycles. The number of rotatable bonds is 2. The van der Waals surface area contributed by atoms with E-state index in [0.717, 1.165) is 12.1 Å². The lowest BCUT2D eigenvalue weighted by Crippen LogP contribution is -2.48. The molecule has 0 aromatic heterocycles. The third-order valence-corrected chi connectivity index (χ3v) is 3.51. The SMILES string of the molecule is CC1CN(Cc2cc(C(F)(F)F)cc(C(F)(F)F)c2)CCN1.